The van der Waals surface area contributed by atoms with E-state index in [4.69, 9.17) is 0 Å². The third-order valence-corrected chi connectivity index (χ3v) is 4.72. The number of nitriles is 1. The minimum absolute atomic E-state index is 0.121. The van der Waals surface area contributed by atoms with Gasteiger partial charge in [-0.2, -0.15) is 10.4 Å². The lowest BCUT2D eigenvalue weighted by atomic mass is 10.2. The van der Waals surface area contributed by atoms with Gasteiger partial charge < -0.3 is 9.80 Å². The normalized spacial score (nSPS) is 14.0. The van der Waals surface area contributed by atoms with Crippen molar-refractivity contribution in [3.05, 3.63) is 76.5 Å². The van der Waals surface area contributed by atoms with Crippen molar-refractivity contribution in [2.75, 3.05) is 36.0 Å². The van der Waals surface area contributed by atoms with Crippen molar-refractivity contribution in [2.24, 2.45) is 0 Å². The first-order chi connectivity index (χ1) is 13.7. The van der Waals surface area contributed by atoms with Crippen molar-refractivity contribution in [3.8, 4) is 6.07 Å². The van der Waals surface area contributed by atoms with Crippen LogP contribution in [0.25, 0.3) is 0 Å². The Morgan fingerprint density at radius 2 is 1.64 bits per heavy atom. The van der Waals surface area contributed by atoms with Crippen molar-refractivity contribution in [2.45, 2.75) is 6.54 Å². The lowest BCUT2D eigenvalue weighted by Gasteiger charge is -2.36. The highest BCUT2D eigenvalue weighted by atomic mass is 16.1. The van der Waals surface area contributed by atoms with Crippen LogP contribution in [0.1, 0.15) is 11.3 Å². The predicted molar refractivity (Wildman–Crippen MR) is 105 cm³/mol. The van der Waals surface area contributed by atoms with Gasteiger partial charge in [-0.25, -0.2) is 14.6 Å². The fraction of sp³-hybridized carbons (Fsp3) is 0.250. The molecular formula is C20H19N7O. The second-order valence-corrected chi connectivity index (χ2v) is 6.49. The van der Waals surface area contributed by atoms with E-state index < -0.39 is 0 Å². The van der Waals surface area contributed by atoms with E-state index in [1.54, 1.807) is 18.3 Å². The largest absolute Gasteiger partial charge is 0.352 e. The molecule has 0 unspecified atom stereocenters. The summed E-state index contributed by atoms with van der Waals surface area (Å²) in [5, 5.41) is 13.8. The standard InChI is InChI=1S/C20H19N7O/c21-14-17-20(23-9-8-22-17)26-12-10-25(11-13-26)18-6-7-19(28)27(24-18)15-16-4-2-1-3-5-16/h1-9H,10-13,15H2. The summed E-state index contributed by atoms with van der Waals surface area (Å²) in [7, 11) is 0. The first kappa shape index (κ1) is 17.7. The number of aromatic nitrogens is 4. The van der Waals surface area contributed by atoms with Crippen molar-refractivity contribution < 1.29 is 0 Å². The molecule has 1 saturated heterocycles. The molecule has 140 valence electrons. The Kier molecular flexibility index (Phi) is 4.97. The highest BCUT2D eigenvalue weighted by molar-refractivity contribution is 5.51. The van der Waals surface area contributed by atoms with Crippen molar-refractivity contribution in [1.82, 2.24) is 19.7 Å². The van der Waals surface area contributed by atoms with Crippen LogP contribution in [0.3, 0.4) is 0 Å². The van der Waals surface area contributed by atoms with Gasteiger partial charge in [-0.1, -0.05) is 30.3 Å². The molecule has 0 atom stereocenters. The molecule has 0 aliphatic carbocycles. The van der Waals surface area contributed by atoms with Crippen LogP contribution in [-0.4, -0.2) is 45.9 Å². The number of piperazine rings is 1. The van der Waals surface area contributed by atoms with E-state index in [0.29, 0.717) is 31.1 Å². The third kappa shape index (κ3) is 3.69. The molecule has 3 heterocycles. The molecule has 0 saturated carbocycles. The van der Waals surface area contributed by atoms with E-state index in [1.807, 2.05) is 30.3 Å². The molecule has 1 aliphatic rings. The van der Waals surface area contributed by atoms with E-state index >= 15 is 0 Å². The second-order valence-electron chi connectivity index (χ2n) is 6.49. The fourth-order valence-corrected chi connectivity index (χ4v) is 3.26. The SMILES string of the molecule is N#Cc1nccnc1N1CCN(c2ccc(=O)n(Cc3ccccc3)n2)CC1. The van der Waals surface area contributed by atoms with Gasteiger partial charge >= 0.3 is 0 Å². The molecule has 0 N–H and O–H groups in total. The number of hydrogen-bond acceptors (Lipinski definition) is 7. The van der Waals surface area contributed by atoms with Crippen molar-refractivity contribution in [3.63, 3.8) is 0 Å². The van der Waals surface area contributed by atoms with Crippen LogP contribution < -0.4 is 15.4 Å². The van der Waals surface area contributed by atoms with Gasteiger partial charge in [-0.05, 0) is 11.6 Å². The Balaban J connectivity index is 1.48. The zero-order valence-electron chi connectivity index (χ0n) is 15.3. The lowest BCUT2D eigenvalue weighted by molar-refractivity contribution is 0.599. The summed E-state index contributed by atoms with van der Waals surface area (Å²) in [6.45, 7) is 3.29. The van der Waals surface area contributed by atoms with E-state index in [1.165, 1.54) is 10.9 Å². The predicted octanol–water partition coefficient (Wildman–Crippen LogP) is 1.28. The number of anilines is 2. The Morgan fingerprint density at radius 3 is 2.39 bits per heavy atom. The molecule has 0 bridgehead atoms. The van der Waals surface area contributed by atoms with Crippen molar-refractivity contribution >= 4 is 11.6 Å². The van der Waals surface area contributed by atoms with Gasteiger partial charge in [0.05, 0.1) is 6.54 Å². The average molecular weight is 373 g/mol. The molecule has 0 amide bonds. The van der Waals surface area contributed by atoms with Crippen LogP contribution in [0, 0.1) is 11.3 Å². The molecule has 0 radical (unpaired) electrons. The molecular weight excluding hydrogens is 354 g/mol. The number of hydrogen-bond donors (Lipinski definition) is 0. The smallest absolute Gasteiger partial charge is 0.267 e. The molecule has 0 spiro atoms. The molecule has 4 rings (SSSR count). The minimum atomic E-state index is -0.121. The van der Waals surface area contributed by atoms with Gasteiger partial charge in [0.25, 0.3) is 5.56 Å². The number of nitrogens with zero attached hydrogens (tertiary/aromatic N) is 7. The summed E-state index contributed by atoms with van der Waals surface area (Å²) < 4.78 is 1.49. The zero-order chi connectivity index (χ0) is 19.3. The maximum Gasteiger partial charge on any atom is 0.267 e. The summed E-state index contributed by atoms with van der Waals surface area (Å²) in [6.07, 6.45) is 3.13. The topological polar surface area (TPSA) is 90.9 Å². The molecule has 2 aromatic heterocycles. The van der Waals surface area contributed by atoms with Gasteiger partial charge in [-0.3, -0.25) is 4.79 Å². The Morgan fingerprint density at radius 1 is 0.929 bits per heavy atom. The highest BCUT2D eigenvalue weighted by Crippen LogP contribution is 2.18. The minimum Gasteiger partial charge on any atom is -0.352 e. The van der Waals surface area contributed by atoms with Crippen LogP contribution in [-0.2, 0) is 6.54 Å². The first-order valence-electron chi connectivity index (χ1n) is 9.08. The summed E-state index contributed by atoms with van der Waals surface area (Å²) in [4.78, 5) is 24.8. The summed E-state index contributed by atoms with van der Waals surface area (Å²) in [5.74, 6) is 1.39. The molecule has 28 heavy (non-hydrogen) atoms. The average Bonchev–Trinajstić information content (AvgIpc) is 2.76. The monoisotopic (exact) mass is 373 g/mol. The summed E-state index contributed by atoms with van der Waals surface area (Å²) in [5.41, 5.74) is 1.25. The van der Waals surface area contributed by atoms with Crippen LogP contribution in [0.5, 0.6) is 0 Å². The van der Waals surface area contributed by atoms with Crippen LogP contribution in [0.4, 0.5) is 11.6 Å². The Labute approximate surface area is 162 Å². The number of benzene rings is 1. The van der Waals surface area contributed by atoms with Gasteiger partial charge in [0, 0.05) is 44.6 Å². The van der Waals surface area contributed by atoms with E-state index in [9.17, 15) is 10.1 Å². The van der Waals surface area contributed by atoms with Gasteiger partial charge in [0.15, 0.2) is 11.5 Å². The molecule has 8 heteroatoms. The highest BCUT2D eigenvalue weighted by Gasteiger charge is 2.22. The molecule has 1 aliphatic heterocycles. The maximum absolute atomic E-state index is 12.2. The van der Waals surface area contributed by atoms with Crippen molar-refractivity contribution in [1.29, 1.82) is 5.26 Å². The van der Waals surface area contributed by atoms with Gasteiger partial charge in [-0.15, -0.1) is 0 Å². The van der Waals surface area contributed by atoms with E-state index in [2.05, 4.69) is 30.9 Å². The lowest BCUT2D eigenvalue weighted by Crippen LogP contribution is -2.47. The molecule has 8 nitrogen and oxygen atoms in total. The Bertz CT molecular complexity index is 1050. The summed E-state index contributed by atoms with van der Waals surface area (Å²) >= 11 is 0. The molecule has 3 aromatic rings. The molecule has 1 fully saturated rings. The van der Waals surface area contributed by atoms with E-state index in [0.717, 1.165) is 24.5 Å². The Hall–Kier alpha value is -3.73. The van der Waals surface area contributed by atoms with Crippen LogP contribution >= 0.6 is 0 Å². The number of rotatable bonds is 4. The zero-order valence-corrected chi connectivity index (χ0v) is 15.3. The molecule has 1 aromatic carbocycles. The van der Waals surface area contributed by atoms with E-state index in [-0.39, 0.29) is 5.56 Å². The maximum atomic E-state index is 12.2. The fourth-order valence-electron chi connectivity index (χ4n) is 3.26. The van der Waals surface area contributed by atoms with Gasteiger partial charge in [0.2, 0.25) is 0 Å². The van der Waals surface area contributed by atoms with Crippen LogP contribution in [0.15, 0.2) is 59.7 Å². The second kappa shape index (κ2) is 7.88. The third-order valence-electron chi connectivity index (χ3n) is 4.72. The van der Waals surface area contributed by atoms with Gasteiger partial charge in [0.1, 0.15) is 11.9 Å². The quantitative estimate of drug-likeness (QED) is 0.680. The first-order valence-corrected chi connectivity index (χ1v) is 9.08. The van der Waals surface area contributed by atoms with Crippen LogP contribution in [0.2, 0.25) is 0 Å². The summed E-state index contributed by atoms with van der Waals surface area (Å²) in [6, 6.07) is 15.2.